The number of H-pyrrole nitrogens is 1. The van der Waals surface area contributed by atoms with Crippen LogP contribution in [0.5, 0.6) is 0 Å². The van der Waals surface area contributed by atoms with Crippen LogP contribution in [0.25, 0.3) is 22.0 Å². The number of hydroxylamine groups is 2. The van der Waals surface area contributed by atoms with Crippen molar-refractivity contribution in [2.24, 2.45) is 5.92 Å². The highest BCUT2D eigenvalue weighted by Crippen LogP contribution is 2.37. The van der Waals surface area contributed by atoms with Crippen molar-refractivity contribution >= 4 is 51.8 Å². The molecular weight excluding hydrogens is 496 g/mol. The maximum atomic E-state index is 12.9. The Morgan fingerprint density at radius 3 is 2.56 bits per heavy atom. The fourth-order valence-electron chi connectivity index (χ4n) is 3.83. The number of nitrogens with zero attached hydrogens (tertiary/aromatic N) is 2. The molecular formula is C22H19Cl2F3N4O3. The van der Waals surface area contributed by atoms with Crippen LogP contribution < -0.4 is 5.32 Å². The van der Waals surface area contributed by atoms with Gasteiger partial charge in [-0.1, -0.05) is 35.3 Å². The highest BCUT2D eigenvalue weighted by atomic mass is 35.5. The molecule has 0 aliphatic carbocycles. The standard InChI is InChI=1S/C22H19Cl2F3N4O3/c1-11-5-6-13(10-31(11)34-21(33)22(25,26)27)20(32)28-19-14-9-12(7-8-17(14)29-30-19)18-15(23)3-2-4-16(18)24/h2-4,7-9,11,13H,5-6,10H2,1H3,(H2,28,29,30,32)/t11-,13-/m1/s1. The van der Waals surface area contributed by atoms with Crippen LogP contribution in [0.1, 0.15) is 19.8 Å². The van der Waals surface area contributed by atoms with Crippen molar-refractivity contribution in [2.75, 3.05) is 11.9 Å². The lowest BCUT2D eigenvalue weighted by Crippen LogP contribution is -2.48. The van der Waals surface area contributed by atoms with Crippen LogP contribution in [0.3, 0.4) is 0 Å². The van der Waals surface area contributed by atoms with Gasteiger partial charge in [0, 0.05) is 33.6 Å². The monoisotopic (exact) mass is 514 g/mol. The number of alkyl halides is 3. The van der Waals surface area contributed by atoms with Crippen LogP contribution in [-0.2, 0) is 14.4 Å². The van der Waals surface area contributed by atoms with Gasteiger partial charge in [0.15, 0.2) is 5.82 Å². The number of anilines is 1. The van der Waals surface area contributed by atoms with Gasteiger partial charge in [-0.25, -0.2) is 4.79 Å². The van der Waals surface area contributed by atoms with E-state index >= 15 is 0 Å². The first-order valence-electron chi connectivity index (χ1n) is 10.3. The summed E-state index contributed by atoms with van der Waals surface area (Å²) >= 11 is 12.6. The Hall–Kier alpha value is -2.82. The number of aromatic amines is 1. The molecule has 180 valence electrons. The van der Waals surface area contributed by atoms with E-state index in [9.17, 15) is 22.8 Å². The van der Waals surface area contributed by atoms with Crippen LogP contribution >= 0.6 is 23.2 Å². The second-order valence-corrected chi connectivity index (χ2v) is 8.83. The molecule has 1 saturated heterocycles. The quantitative estimate of drug-likeness (QED) is 0.473. The zero-order chi connectivity index (χ0) is 24.6. The van der Waals surface area contributed by atoms with E-state index < -0.39 is 30.0 Å². The number of hydrogen-bond donors (Lipinski definition) is 2. The van der Waals surface area contributed by atoms with Crippen LogP contribution in [-0.4, -0.2) is 45.9 Å². The predicted octanol–water partition coefficient (Wildman–Crippen LogP) is 5.60. The Morgan fingerprint density at radius 1 is 1.18 bits per heavy atom. The fourth-order valence-corrected chi connectivity index (χ4v) is 4.45. The minimum Gasteiger partial charge on any atom is -0.361 e. The van der Waals surface area contributed by atoms with Crippen LogP contribution in [0.15, 0.2) is 36.4 Å². The highest BCUT2D eigenvalue weighted by Gasteiger charge is 2.44. The van der Waals surface area contributed by atoms with Crippen molar-refractivity contribution in [1.82, 2.24) is 15.3 Å². The van der Waals surface area contributed by atoms with Crippen LogP contribution in [0.4, 0.5) is 19.0 Å². The predicted molar refractivity (Wildman–Crippen MR) is 121 cm³/mol. The number of fused-ring (bicyclic) bond motifs is 1. The number of carbonyl (C=O) groups excluding carboxylic acids is 2. The minimum atomic E-state index is -5.12. The molecule has 0 saturated carbocycles. The number of halogens is 5. The van der Waals surface area contributed by atoms with E-state index in [1.165, 1.54) is 0 Å². The minimum absolute atomic E-state index is 0.169. The maximum Gasteiger partial charge on any atom is 0.492 e. The molecule has 1 aliphatic heterocycles. The third-order valence-corrected chi connectivity index (χ3v) is 6.31. The molecule has 3 aromatic rings. The summed E-state index contributed by atoms with van der Waals surface area (Å²) in [7, 11) is 0. The average molecular weight is 515 g/mol. The van der Waals surface area contributed by atoms with Crippen molar-refractivity contribution in [2.45, 2.75) is 32.0 Å². The molecule has 2 heterocycles. The maximum absolute atomic E-state index is 12.9. The summed E-state index contributed by atoms with van der Waals surface area (Å²) in [4.78, 5) is 28.6. The molecule has 2 aromatic carbocycles. The second-order valence-electron chi connectivity index (χ2n) is 8.02. The topological polar surface area (TPSA) is 87.3 Å². The molecule has 0 spiro atoms. The normalized spacial score (nSPS) is 19.2. The molecule has 2 atom stereocenters. The largest absolute Gasteiger partial charge is 0.492 e. The van der Waals surface area contributed by atoms with Gasteiger partial charge in [0.1, 0.15) is 0 Å². The van der Waals surface area contributed by atoms with Gasteiger partial charge in [-0.2, -0.15) is 18.3 Å². The fraction of sp³-hybridized carbons (Fsp3) is 0.318. The summed E-state index contributed by atoms with van der Waals surface area (Å²) in [5.41, 5.74) is 2.01. The molecule has 4 rings (SSSR count). The average Bonchev–Trinajstić information content (AvgIpc) is 3.16. The van der Waals surface area contributed by atoms with E-state index in [1.807, 2.05) is 6.07 Å². The van der Waals surface area contributed by atoms with Crippen molar-refractivity contribution in [3.05, 3.63) is 46.4 Å². The second kappa shape index (κ2) is 9.44. The lowest BCUT2D eigenvalue weighted by atomic mass is 9.94. The van der Waals surface area contributed by atoms with Crippen molar-refractivity contribution in [3.63, 3.8) is 0 Å². The first kappa shape index (κ1) is 24.3. The third kappa shape index (κ3) is 4.98. The molecule has 0 bridgehead atoms. The molecule has 34 heavy (non-hydrogen) atoms. The van der Waals surface area contributed by atoms with Crippen LogP contribution in [0.2, 0.25) is 10.0 Å². The third-order valence-electron chi connectivity index (χ3n) is 5.68. The Morgan fingerprint density at radius 2 is 1.88 bits per heavy atom. The zero-order valence-electron chi connectivity index (χ0n) is 17.7. The Balaban J connectivity index is 1.53. The van der Waals surface area contributed by atoms with Crippen molar-refractivity contribution in [1.29, 1.82) is 0 Å². The number of nitrogens with one attached hydrogen (secondary N) is 2. The van der Waals surface area contributed by atoms with Gasteiger partial charge in [0.2, 0.25) is 5.91 Å². The van der Waals surface area contributed by atoms with Gasteiger partial charge in [-0.3, -0.25) is 9.89 Å². The van der Waals surface area contributed by atoms with Gasteiger partial charge in [0.25, 0.3) is 0 Å². The number of benzene rings is 2. The summed E-state index contributed by atoms with van der Waals surface area (Å²) in [5.74, 6) is -3.22. The number of amides is 1. The van der Waals surface area contributed by atoms with Crippen molar-refractivity contribution < 1.29 is 27.6 Å². The Kier molecular flexibility index (Phi) is 6.75. The molecule has 0 radical (unpaired) electrons. The van der Waals surface area contributed by atoms with Gasteiger partial charge in [-0.05, 0) is 49.6 Å². The smallest absolute Gasteiger partial charge is 0.361 e. The van der Waals surface area contributed by atoms with E-state index in [4.69, 9.17) is 23.2 Å². The van der Waals surface area contributed by atoms with E-state index in [0.29, 0.717) is 39.4 Å². The number of carbonyl (C=O) groups is 2. The molecule has 7 nitrogen and oxygen atoms in total. The molecule has 1 aromatic heterocycles. The Labute approximate surface area is 202 Å². The SMILES string of the molecule is C[C@@H]1CC[C@@H](C(=O)Nc2n[nH]c3ccc(-c4c(Cl)cccc4Cl)cc23)CN1OC(=O)C(F)(F)F. The van der Waals surface area contributed by atoms with Crippen molar-refractivity contribution in [3.8, 4) is 11.1 Å². The number of rotatable bonds is 4. The molecule has 1 amide bonds. The van der Waals surface area contributed by atoms with E-state index in [2.05, 4.69) is 20.4 Å². The lowest BCUT2D eigenvalue weighted by Gasteiger charge is -2.35. The first-order valence-corrected chi connectivity index (χ1v) is 11.1. The van der Waals surface area contributed by atoms with E-state index in [-0.39, 0.29) is 12.4 Å². The Bertz CT molecular complexity index is 1230. The van der Waals surface area contributed by atoms with Crippen LogP contribution in [0, 0.1) is 5.92 Å². The van der Waals surface area contributed by atoms with Gasteiger partial charge in [0.05, 0.1) is 11.4 Å². The highest BCUT2D eigenvalue weighted by molar-refractivity contribution is 6.39. The molecule has 1 fully saturated rings. The lowest BCUT2D eigenvalue weighted by molar-refractivity contribution is -0.251. The molecule has 0 unspecified atom stereocenters. The first-order chi connectivity index (χ1) is 16.0. The molecule has 12 heteroatoms. The summed E-state index contributed by atoms with van der Waals surface area (Å²) < 4.78 is 37.8. The van der Waals surface area contributed by atoms with Gasteiger partial charge >= 0.3 is 12.1 Å². The number of piperidine rings is 1. The summed E-state index contributed by atoms with van der Waals surface area (Å²) in [5, 5.41) is 12.1. The molecule has 2 N–H and O–H groups in total. The van der Waals surface area contributed by atoms with Gasteiger partial charge < -0.3 is 10.2 Å². The molecule has 1 aliphatic rings. The number of aromatic nitrogens is 2. The van der Waals surface area contributed by atoms with Gasteiger partial charge in [-0.15, -0.1) is 5.06 Å². The summed E-state index contributed by atoms with van der Waals surface area (Å²) in [6.07, 6.45) is -4.33. The van der Waals surface area contributed by atoms with E-state index in [1.54, 1.807) is 37.3 Å². The number of hydrogen-bond acceptors (Lipinski definition) is 5. The zero-order valence-corrected chi connectivity index (χ0v) is 19.3. The summed E-state index contributed by atoms with van der Waals surface area (Å²) in [6, 6.07) is 10.1. The van der Waals surface area contributed by atoms with E-state index in [0.717, 1.165) is 10.6 Å². The summed E-state index contributed by atoms with van der Waals surface area (Å²) in [6.45, 7) is 1.46.